The number of aromatic amines is 2. The van der Waals surface area contributed by atoms with Gasteiger partial charge in [0.05, 0.1) is 15.9 Å². The van der Waals surface area contributed by atoms with Crippen LogP contribution in [0.25, 0.3) is 11.0 Å². The summed E-state index contributed by atoms with van der Waals surface area (Å²) in [5.74, 6) is -0.381. The maximum atomic E-state index is 12.5. The number of amides is 1. The Bertz CT molecular complexity index is 1140. The van der Waals surface area contributed by atoms with E-state index >= 15 is 0 Å². The molecule has 1 aromatic heterocycles. The summed E-state index contributed by atoms with van der Waals surface area (Å²) in [5.41, 5.74) is 1.73. The fourth-order valence-electron chi connectivity index (χ4n) is 2.54. The van der Waals surface area contributed by atoms with Crippen LogP contribution in [-0.4, -0.2) is 41.7 Å². The molecule has 3 N–H and O–H groups in total. The van der Waals surface area contributed by atoms with Crippen molar-refractivity contribution < 1.29 is 13.2 Å². The van der Waals surface area contributed by atoms with Crippen molar-refractivity contribution in [1.82, 2.24) is 14.3 Å². The number of nitrogens with one attached hydrogen (secondary N) is 3. The molecule has 0 aliphatic carbocycles. The summed E-state index contributed by atoms with van der Waals surface area (Å²) in [6.07, 6.45) is 0. The number of benzene rings is 2. The number of imidazole rings is 1. The van der Waals surface area contributed by atoms with E-state index in [0.29, 0.717) is 22.3 Å². The van der Waals surface area contributed by atoms with E-state index in [4.69, 9.17) is 0 Å². The molecule has 3 aromatic rings. The molecule has 0 fully saturated rings. The molecule has 1 amide bonds. The van der Waals surface area contributed by atoms with Crippen LogP contribution in [0.2, 0.25) is 0 Å². The summed E-state index contributed by atoms with van der Waals surface area (Å²) in [6.45, 7) is 3.57. The number of aromatic nitrogens is 2. The number of H-pyrrole nitrogens is 2. The van der Waals surface area contributed by atoms with Gasteiger partial charge in [0.1, 0.15) is 0 Å². The Hall–Kier alpha value is -2.91. The second-order valence-electron chi connectivity index (χ2n) is 6.43. The van der Waals surface area contributed by atoms with Crippen LogP contribution in [0.5, 0.6) is 0 Å². The Balaban J connectivity index is 1.79. The zero-order valence-corrected chi connectivity index (χ0v) is 15.9. The molecule has 0 aliphatic heterocycles. The minimum atomic E-state index is -3.60. The number of nitrogens with zero attached hydrogens (tertiary/aromatic N) is 1. The monoisotopic (exact) mass is 388 g/mol. The van der Waals surface area contributed by atoms with Crippen molar-refractivity contribution in [3.05, 3.63) is 58.5 Å². The third-order valence-electron chi connectivity index (χ3n) is 4.29. The van der Waals surface area contributed by atoms with Crippen LogP contribution in [0.3, 0.4) is 0 Å². The van der Waals surface area contributed by atoms with Gasteiger partial charge in [-0.05, 0) is 56.3 Å². The van der Waals surface area contributed by atoms with Crippen molar-refractivity contribution in [3.63, 3.8) is 0 Å². The van der Waals surface area contributed by atoms with Gasteiger partial charge >= 0.3 is 5.69 Å². The van der Waals surface area contributed by atoms with Gasteiger partial charge < -0.3 is 15.3 Å². The lowest BCUT2D eigenvalue weighted by Crippen LogP contribution is -2.33. The molecule has 0 bridgehead atoms. The van der Waals surface area contributed by atoms with Gasteiger partial charge in [-0.3, -0.25) is 4.79 Å². The van der Waals surface area contributed by atoms with Crippen LogP contribution in [0.15, 0.2) is 52.2 Å². The number of hydrogen-bond acceptors (Lipinski definition) is 4. The zero-order valence-electron chi connectivity index (χ0n) is 15.1. The van der Waals surface area contributed by atoms with Gasteiger partial charge in [0.15, 0.2) is 0 Å². The molecular formula is C18H20N4O4S. The highest BCUT2D eigenvalue weighted by atomic mass is 32.2. The van der Waals surface area contributed by atoms with Crippen molar-refractivity contribution in [3.8, 4) is 0 Å². The number of hydrogen-bond donors (Lipinski definition) is 3. The quantitative estimate of drug-likeness (QED) is 0.621. The normalized spacial score (nSPS) is 12.0. The summed E-state index contributed by atoms with van der Waals surface area (Å²) >= 11 is 0. The Morgan fingerprint density at radius 3 is 2.30 bits per heavy atom. The number of rotatable bonds is 5. The SMILES string of the molecule is CC(C)N(C)S(=O)(=O)c1ccc(C(=O)Nc2ccc3[nH]c(=O)[nH]c3c2)cc1. The molecule has 2 aromatic carbocycles. The van der Waals surface area contributed by atoms with E-state index in [1.807, 2.05) is 0 Å². The van der Waals surface area contributed by atoms with E-state index in [1.165, 1.54) is 35.6 Å². The Kier molecular flexibility index (Phi) is 4.90. The first-order chi connectivity index (χ1) is 12.7. The van der Waals surface area contributed by atoms with Gasteiger partial charge in [-0.25, -0.2) is 13.2 Å². The lowest BCUT2D eigenvalue weighted by Gasteiger charge is -2.21. The lowest BCUT2D eigenvalue weighted by atomic mass is 10.2. The fourth-order valence-corrected chi connectivity index (χ4v) is 3.90. The highest BCUT2D eigenvalue weighted by Crippen LogP contribution is 2.19. The molecule has 142 valence electrons. The molecule has 0 atom stereocenters. The molecular weight excluding hydrogens is 368 g/mol. The summed E-state index contributed by atoms with van der Waals surface area (Å²) < 4.78 is 26.2. The first-order valence-electron chi connectivity index (χ1n) is 8.30. The molecule has 0 saturated carbocycles. The Morgan fingerprint density at radius 2 is 1.67 bits per heavy atom. The van der Waals surface area contributed by atoms with E-state index in [-0.39, 0.29) is 22.5 Å². The molecule has 9 heteroatoms. The van der Waals surface area contributed by atoms with Crippen LogP contribution in [0, 0.1) is 0 Å². The van der Waals surface area contributed by atoms with Gasteiger partial charge in [-0.2, -0.15) is 4.31 Å². The molecule has 8 nitrogen and oxygen atoms in total. The molecule has 0 radical (unpaired) electrons. The molecule has 27 heavy (non-hydrogen) atoms. The standard InChI is InChI=1S/C18H20N4O4S/c1-11(2)22(3)27(25,26)14-7-4-12(5-8-14)17(23)19-13-6-9-15-16(10-13)21-18(24)20-15/h4-11H,1-3H3,(H,19,23)(H2,20,21,24). The average Bonchev–Trinajstić information content (AvgIpc) is 3.00. The van der Waals surface area contributed by atoms with Crippen LogP contribution in [0.1, 0.15) is 24.2 Å². The van der Waals surface area contributed by atoms with Crippen LogP contribution in [-0.2, 0) is 10.0 Å². The van der Waals surface area contributed by atoms with Crippen LogP contribution in [0.4, 0.5) is 5.69 Å². The van der Waals surface area contributed by atoms with Gasteiger partial charge in [0.25, 0.3) is 5.91 Å². The maximum Gasteiger partial charge on any atom is 0.323 e. The summed E-state index contributed by atoms with van der Waals surface area (Å²) in [5, 5.41) is 2.72. The smallest absolute Gasteiger partial charge is 0.322 e. The molecule has 3 rings (SSSR count). The molecule has 1 heterocycles. The zero-order chi connectivity index (χ0) is 19.8. The van der Waals surface area contributed by atoms with E-state index in [9.17, 15) is 18.0 Å². The first kappa shape index (κ1) is 18.9. The number of sulfonamides is 1. The third-order valence-corrected chi connectivity index (χ3v) is 6.34. The maximum absolute atomic E-state index is 12.5. The highest BCUT2D eigenvalue weighted by molar-refractivity contribution is 7.89. The average molecular weight is 388 g/mol. The number of fused-ring (bicyclic) bond motifs is 1. The largest absolute Gasteiger partial charge is 0.323 e. The molecule has 0 aliphatic rings. The molecule has 0 saturated heterocycles. The predicted molar refractivity (Wildman–Crippen MR) is 103 cm³/mol. The minimum absolute atomic E-state index is 0.126. The lowest BCUT2D eigenvalue weighted by molar-refractivity contribution is 0.102. The first-order valence-corrected chi connectivity index (χ1v) is 9.74. The van der Waals surface area contributed by atoms with Crippen molar-refractivity contribution in [2.45, 2.75) is 24.8 Å². The van der Waals surface area contributed by atoms with Crippen molar-refractivity contribution >= 4 is 32.7 Å². The second kappa shape index (κ2) is 7.01. The third kappa shape index (κ3) is 3.79. The number of anilines is 1. The van der Waals surface area contributed by atoms with Gasteiger partial charge in [0, 0.05) is 24.3 Å². The van der Waals surface area contributed by atoms with E-state index in [2.05, 4.69) is 15.3 Å². The van der Waals surface area contributed by atoms with Gasteiger partial charge in [-0.15, -0.1) is 0 Å². The number of carbonyl (C=O) groups excluding carboxylic acids is 1. The number of carbonyl (C=O) groups is 1. The Labute approximate surface area is 156 Å². The summed E-state index contributed by atoms with van der Waals surface area (Å²) in [7, 11) is -2.08. The Morgan fingerprint density at radius 1 is 1.04 bits per heavy atom. The van der Waals surface area contributed by atoms with Gasteiger partial charge in [-0.1, -0.05) is 0 Å². The summed E-state index contributed by atoms with van der Waals surface area (Å²) in [6, 6.07) is 10.6. The molecule has 0 spiro atoms. The van der Waals surface area contributed by atoms with Crippen molar-refractivity contribution in [2.75, 3.05) is 12.4 Å². The second-order valence-corrected chi connectivity index (χ2v) is 8.43. The summed E-state index contributed by atoms with van der Waals surface area (Å²) in [4.78, 5) is 29.1. The fraction of sp³-hybridized carbons (Fsp3) is 0.222. The predicted octanol–water partition coefficient (Wildman–Crippen LogP) is 2.14. The van der Waals surface area contributed by atoms with E-state index in [0.717, 1.165) is 0 Å². The van der Waals surface area contributed by atoms with E-state index < -0.39 is 10.0 Å². The van der Waals surface area contributed by atoms with Gasteiger partial charge in [0.2, 0.25) is 10.0 Å². The highest BCUT2D eigenvalue weighted by Gasteiger charge is 2.23. The topological polar surface area (TPSA) is 115 Å². The van der Waals surface area contributed by atoms with Crippen molar-refractivity contribution in [1.29, 1.82) is 0 Å². The van der Waals surface area contributed by atoms with E-state index in [1.54, 1.807) is 32.0 Å². The van der Waals surface area contributed by atoms with Crippen LogP contribution < -0.4 is 11.0 Å². The van der Waals surface area contributed by atoms with Crippen LogP contribution >= 0.6 is 0 Å². The molecule has 0 unspecified atom stereocenters. The van der Waals surface area contributed by atoms with Crippen molar-refractivity contribution in [2.24, 2.45) is 0 Å². The minimum Gasteiger partial charge on any atom is -0.322 e.